The first-order valence-electron chi connectivity index (χ1n) is 4.78. The predicted octanol–water partition coefficient (Wildman–Crippen LogP) is 2.15. The molecular weight excluding hydrogens is 190 g/mol. The van der Waals surface area contributed by atoms with Gasteiger partial charge in [-0.25, -0.2) is 0 Å². The van der Waals surface area contributed by atoms with Gasteiger partial charge in [-0.15, -0.1) is 6.58 Å². The molecule has 0 amide bonds. The second-order valence-corrected chi connectivity index (χ2v) is 3.12. The van der Waals surface area contributed by atoms with E-state index in [-0.39, 0.29) is 6.04 Å². The lowest BCUT2D eigenvalue weighted by molar-refractivity contribution is 0.354. The molecule has 0 aromatic heterocycles. The van der Waals surface area contributed by atoms with Gasteiger partial charge in [0, 0.05) is 0 Å². The van der Waals surface area contributed by atoms with Crippen molar-refractivity contribution in [2.75, 3.05) is 21.3 Å². The Morgan fingerprint density at radius 2 is 1.93 bits per heavy atom. The van der Waals surface area contributed by atoms with E-state index in [0.717, 1.165) is 17.1 Å². The third-order valence-corrected chi connectivity index (χ3v) is 2.31. The summed E-state index contributed by atoms with van der Waals surface area (Å²) in [4.78, 5) is 0. The van der Waals surface area contributed by atoms with Crippen LogP contribution in [0.4, 0.5) is 0 Å². The molecule has 0 heterocycles. The van der Waals surface area contributed by atoms with Gasteiger partial charge in [-0.1, -0.05) is 12.1 Å². The number of methoxy groups -OCH3 is 2. The Balaban J connectivity index is 3.06. The SMILES string of the molecule is C=CC(NC)c1ccc(OC)c(OC)c1. The Labute approximate surface area is 90.7 Å². The molecule has 0 spiro atoms. The van der Waals surface area contributed by atoms with E-state index in [9.17, 15) is 0 Å². The number of nitrogens with one attached hydrogen (secondary N) is 1. The number of rotatable bonds is 5. The highest BCUT2D eigenvalue weighted by molar-refractivity contribution is 5.44. The average molecular weight is 207 g/mol. The van der Waals surface area contributed by atoms with Crippen molar-refractivity contribution < 1.29 is 9.47 Å². The first-order valence-corrected chi connectivity index (χ1v) is 4.78. The van der Waals surface area contributed by atoms with Crippen LogP contribution in [-0.2, 0) is 0 Å². The van der Waals surface area contributed by atoms with E-state index < -0.39 is 0 Å². The summed E-state index contributed by atoms with van der Waals surface area (Å²) in [5.41, 5.74) is 1.10. The summed E-state index contributed by atoms with van der Waals surface area (Å²) in [5.74, 6) is 1.47. The molecule has 0 radical (unpaired) electrons. The van der Waals surface area contributed by atoms with Gasteiger partial charge in [0.05, 0.1) is 20.3 Å². The van der Waals surface area contributed by atoms with Crippen molar-refractivity contribution in [3.63, 3.8) is 0 Å². The van der Waals surface area contributed by atoms with Crippen LogP contribution in [0.25, 0.3) is 0 Å². The maximum atomic E-state index is 5.23. The number of likely N-dealkylation sites (N-methyl/N-ethyl adjacent to an activating group) is 1. The standard InChI is InChI=1S/C12H17NO2/c1-5-10(13-2)9-6-7-11(14-3)12(8-9)15-4/h5-8,10,13H,1H2,2-4H3. The molecule has 3 heteroatoms. The molecule has 1 unspecified atom stereocenters. The molecule has 3 nitrogen and oxygen atoms in total. The highest BCUT2D eigenvalue weighted by atomic mass is 16.5. The molecule has 0 aliphatic rings. The van der Waals surface area contributed by atoms with E-state index in [1.807, 2.05) is 31.3 Å². The van der Waals surface area contributed by atoms with Crippen molar-refractivity contribution in [1.82, 2.24) is 5.32 Å². The minimum absolute atomic E-state index is 0.129. The molecular formula is C12H17NO2. The number of hydrogen-bond acceptors (Lipinski definition) is 3. The normalized spacial score (nSPS) is 11.9. The third-order valence-electron chi connectivity index (χ3n) is 2.31. The lowest BCUT2D eigenvalue weighted by Gasteiger charge is -2.14. The highest BCUT2D eigenvalue weighted by Gasteiger charge is 2.09. The summed E-state index contributed by atoms with van der Waals surface area (Å²) in [6, 6.07) is 5.96. The van der Waals surface area contributed by atoms with E-state index in [4.69, 9.17) is 9.47 Å². The van der Waals surface area contributed by atoms with Gasteiger partial charge in [0.25, 0.3) is 0 Å². The zero-order valence-corrected chi connectivity index (χ0v) is 9.41. The van der Waals surface area contributed by atoms with Crippen molar-refractivity contribution >= 4 is 0 Å². The Kier molecular flexibility index (Phi) is 4.18. The molecule has 82 valence electrons. The van der Waals surface area contributed by atoms with Crippen molar-refractivity contribution in [2.24, 2.45) is 0 Å². The topological polar surface area (TPSA) is 30.5 Å². The van der Waals surface area contributed by atoms with E-state index in [1.165, 1.54) is 0 Å². The molecule has 0 saturated carbocycles. The smallest absolute Gasteiger partial charge is 0.161 e. The van der Waals surface area contributed by atoms with E-state index in [0.29, 0.717) is 0 Å². The molecule has 1 aromatic carbocycles. The van der Waals surface area contributed by atoms with Crippen molar-refractivity contribution in [1.29, 1.82) is 0 Å². The average Bonchev–Trinajstić information content (AvgIpc) is 2.30. The summed E-state index contributed by atoms with van der Waals surface area (Å²) in [6.45, 7) is 3.77. The van der Waals surface area contributed by atoms with Crippen LogP contribution in [0.5, 0.6) is 11.5 Å². The minimum atomic E-state index is 0.129. The summed E-state index contributed by atoms with van der Waals surface area (Å²) in [7, 11) is 5.15. The van der Waals surface area contributed by atoms with Gasteiger partial charge in [-0.3, -0.25) is 0 Å². The molecule has 1 atom stereocenters. The molecule has 1 aromatic rings. The second kappa shape index (κ2) is 5.41. The van der Waals surface area contributed by atoms with Crippen molar-refractivity contribution in [2.45, 2.75) is 6.04 Å². The van der Waals surface area contributed by atoms with Crippen molar-refractivity contribution in [3.05, 3.63) is 36.4 Å². The fourth-order valence-corrected chi connectivity index (χ4v) is 1.47. The summed E-state index contributed by atoms with van der Waals surface area (Å²) < 4.78 is 10.4. The van der Waals surface area contributed by atoms with Crippen molar-refractivity contribution in [3.8, 4) is 11.5 Å². The minimum Gasteiger partial charge on any atom is -0.493 e. The molecule has 0 bridgehead atoms. The van der Waals surface area contributed by atoms with E-state index in [1.54, 1.807) is 14.2 Å². The Morgan fingerprint density at radius 1 is 1.27 bits per heavy atom. The molecule has 0 saturated heterocycles. The van der Waals surface area contributed by atoms with Gasteiger partial charge < -0.3 is 14.8 Å². The van der Waals surface area contributed by atoms with Gasteiger partial charge in [0.15, 0.2) is 11.5 Å². The second-order valence-electron chi connectivity index (χ2n) is 3.12. The molecule has 0 aliphatic heterocycles. The Bertz CT molecular complexity index is 336. The Hall–Kier alpha value is -1.48. The summed E-state index contributed by atoms with van der Waals surface area (Å²) in [5, 5.41) is 3.14. The van der Waals surface area contributed by atoms with Gasteiger partial charge in [0.1, 0.15) is 0 Å². The summed E-state index contributed by atoms with van der Waals surface area (Å²) in [6.07, 6.45) is 1.85. The molecule has 0 fully saturated rings. The number of ether oxygens (including phenoxy) is 2. The maximum absolute atomic E-state index is 5.23. The van der Waals surface area contributed by atoms with Gasteiger partial charge in [-0.2, -0.15) is 0 Å². The van der Waals surface area contributed by atoms with Gasteiger partial charge in [0.2, 0.25) is 0 Å². The van der Waals surface area contributed by atoms with Crippen LogP contribution in [0.3, 0.4) is 0 Å². The van der Waals surface area contributed by atoms with E-state index in [2.05, 4.69) is 11.9 Å². The third kappa shape index (κ3) is 2.50. The molecule has 1 rings (SSSR count). The molecule has 0 aliphatic carbocycles. The fourth-order valence-electron chi connectivity index (χ4n) is 1.47. The zero-order valence-electron chi connectivity index (χ0n) is 9.41. The molecule has 1 N–H and O–H groups in total. The first kappa shape index (κ1) is 11.6. The highest BCUT2D eigenvalue weighted by Crippen LogP contribution is 2.29. The van der Waals surface area contributed by atoms with Crippen LogP contribution in [-0.4, -0.2) is 21.3 Å². The van der Waals surface area contributed by atoms with Crippen LogP contribution in [0.2, 0.25) is 0 Å². The largest absolute Gasteiger partial charge is 0.493 e. The zero-order chi connectivity index (χ0) is 11.3. The van der Waals surface area contributed by atoms with Gasteiger partial charge in [-0.05, 0) is 24.7 Å². The number of benzene rings is 1. The molecule has 15 heavy (non-hydrogen) atoms. The first-order chi connectivity index (χ1) is 7.26. The summed E-state index contributed by atoms with van der Waals surface area (Å²) >= 11 is 0. The monoisotopic (exact) mass is 207 g/mol. The lowest BCUT2D eigenvalue weighted by Crippen LogP contribution is -2.13. The Morgan fingerprint density at radius 3 is 2.40 bits per heavy atom. The maximum Gasteiger partial charge on any atom is 0.161 e. The van der Waals surface area contributed by atoms with Crippen LogP contribution >= 0.6 is 0 Å². The number of hydrogen-bond donors (Lipinski definition) is 1. The lowest BCUT2D eigenvalue weighted by atomic mass is 10.1. The van der Waals surface area contributed by atoms with Crippen LogP contribution in [0, 0.1) is 0 Å². The quantitative estimate of drug-likeness (QED) is 0.750. The predicted molar refractivity (Wildman–Crippen MR) is 61.5 cm³/mol. The fraction of sp³-hybridized carbons (Fsp3) is 0.333. The van der Waals surface area contributed by atoms with Crippen LogP contribution in [0.1, 0.15) is 11.6 Å². The van der Waals surface area contributed by atoms with Crippen LogP contribution < -0.4 is 14.8 Å². The van der Waals surface area contributed by atoms with Crippen LogP contribution in [0.15, 0.2) is 30.9 Å². The van der Waals surface area contributed by atoms with Gasteiger partial charge >= 0.3 is 0 Å². The van der Waals surface area contributed by atoms with E-state index >= 15 is 0 Å².